The predicted molar refractivity (Wildman–Crippen MR) is 78.3 cm³/mol. The highest BCUT2D eigenvalue weighted by atomic mass is 35.5. The average Bonchev–Trinajstić information content (AvgIpc) is 2.45. The van der Waals surface area contributed by atoms with Crippen molar-refractivity contribution in [3.63, 3.8) is 0 Å². The number of halogens is 1. The lowest BCUT2D eigenvalue weighted by Crippen LogP contribution is -2.07. The Morgan fingerprint density at radius 3 is 2.75 bits per heavy atom. The van der Waals surface area contributed by atoms with Gasteiger partial charge in [0, 0.05) is 17.1 Å². The van der Waals surface area contributed by atoms with E-state index >= 15 is 0 Å². The standard InChI is InChI=1S/C13H15ClN4O2/c1-19-10-5-3-4-9(14)8(10)6-16-13-11(20-2)12(15)17-7-18-13/h3-5,7H,6H2,1-2H3,(H3,15,16,17,18). The quantitative estimate of drug-likeness (QED) is 0.881. The normalized spacial score (nSPS) is 10.2. The summed E-state index contributed by atoms with van der Waals surface area (Å²) in [5, 5.41) is 3.73. The molecule has 6 nitrogen and oxygen atoms in total. The zero-order chi connectivity index (χ0) is 14.5. The molecule has 3 N–H and O–H groups in total. The molecule has 0 aliphatic rings. The number of rotatable bonds is 5. The van der Waals surface area contributed by atoms with Crippen molar-refractivity contribution in [3.8, 4) is 11.5 Å². The third kappa shape index (κ3) is 2.85. The van der Waals surface area contributed by atoms with Gasteiger partial charge in [0.05, 0.1) is 14.2 Å². The number of nitrogens with zero attached hydrogens (tertiary/aromatic N) is 2. The molecular weight excluding hydrogens is 280 g/mol. The number of hydrogen-bond acceptors (Lipinski definition) is 6. The third-order valence-corrected chi connectivity index (χ3v) is 3.12. The number of ether oxygens (including phenoxy) is 2. The molecule has 0 saturated carbocycles. The molecule has 0 aliphatic heterocycles. The SMILES string of the molecule is COc1cccc(Cl)c1CNc1ncnc(N)c1OC. The van der Waals surface area contributed by atoms with Crippen molar-refractivity contribution < 1.29 is 9.47 Å². The van der Waals surface area contributed by atoms with Crippen LogP contribution in [0.25, 0.3) is 0 Å². The van der Waals surface area contributed by atoms with Gasteiger partial charge in [-0.2, -0.15) is 0 Å². The summed E-state index contributed by atoms with van der Waals surface area (Å²) in [7, 11) is 3.11. The minimum Gasteiger partial charge on any atom is -0.496 e. The minimum atomic E-state index is 0.274. The molecule has 1 aromatic heterocycles. The molecule has 0 aliphatic carbocycles. The number of nitrogen functional groups attached to an aromatic ring is 1. The second kappa shape index (κ2) is 6.29. The average molecular weight is 295 g/mol. The lowest BCUT2D eigenvalue weighted by atomic mass is 10.2. The lowest BCUT2D eigenvalue weighted by molar-refractivity contribution is 0.409. The van der Waals surface area contributed by atoms with Gasteiger partial charge >= 0.3 is 0 Å². The van der Waals surface area contributed by atoms with Crippen molar-refractivity contribution >= 4 is 23.2 Å². The van der Waals surface area contributed by atoms with Crippen LogP contribution in [0, 0.1) is 0 Å². The summed E-state index contributed by atoms with van der Waals surface area (Å²) in [4.78, 5) is 7.97. The molecule has 2 rings (SSSR count). The third-order valence-electron chi connectivity index (χ3n) is 2.76. The second-order valence-electron chi connectivity index (χ2n) is 3.91. The fourth-order valence-corrected chi connectivity index (χ4v) is 2.02. The first-order valence-corrected chi connectivity index (χ1v) is 6.25. The van der Waals surface area contributed by atoms with Crippen LogP contribution >= 0.6 is 11.6 Å². The maximum absolute atomic E-state index is 6.17. The van der Waals surface area contributed by atoms with Gasteiger partial charge in [-0.1, -0.05) is 17.7 Å². The highest BCUT2D eigenvalue weighted by molar-refractivity contribution is 6.31. The Labute approximate surface area is 121 Å². The fraction of sp³-hybridized carbons (Fsp3) is 0.231. The Morgan fingerprint density at radius 2 is 2.05 bits per heavy atom. The van der Waals surface area contributed by atoms with E-state index in [-0.39, 0.29) is 5.82 Å². The van der Waals surface area contributed by atoms with E-state index < -0.39 is 0 Å². The zero-order valence-corrected chi connectivity index (χ0v) is 11.9. The van der Waals surface area contributed by atoms with Crippen LogP contribution in [0.15, 0.2) is 24.5 Å². The van der Waals surface area contributed by atoms with Crippen molar-refractivity contribution in [2.45, 2.75) is 6.54 Å². The smallest absolute Gasteiger partial charge is 0.203 e. The van der Waals surface area contributed by atoms with Gasteiger partial charge in [-0.25, -0.2) is 9.97 Å². The maximum atomic E-state index is 6.17. The Kier molecular flexibility index (Phi) is 4.47. The first-order chi connectivity index (χ1) is 9.67. The number of benzene rings is 1. The van der Waals surface area contributed by atoms with Gasteiger partial charge in [0.2, 0.25) is 5.75 Å². The number of anilines is 2. The van der Waals surface area contributed by atoms with Gasteiger partial charge < -0.3 is 20.5 Å². The lowest BCUT2D eigenvalue weighted by Gasteiger charge is -2.14. The first-order valence-electron chi connectivity index (χ1n) is 5.87. The molecule has 1 aromatic carbocycles. The number of nitrogens with one attached hydrogen (secondary N) is 1. The van der Waals surface area contributed by atoms with Gasteiger partial charge in [0.25, 0.3) is 0 Å². The van der Waals surface area contributed by atoms with Crippen LogP contribution in [0.1, 0.15) is 5.56 Å². The van der Waals surface area contributed by atoms with Crippen LogP contribution in [0.2, 0.25) is 5.02 Å². The monoisotopic (exact) mass is 294 g/mol. The summed E-state index contributed by atoms with van der Waals surface area (Å²) >= 11 is 6.17. The summed E-state index contributed by atoms with van der Waals surface area (Å²) in [6.07, 6.45) is 1.37. The molecule has 2 aromatic rings. The molecule has 20 heavy (non-hydrogen) atoms. The molecule has 0 saturated heterocycles. The van der Waals surface area contributed by atoms with Gasteiger partial charge in [-0.05, 0) is 12.1 Å². The minimum absolute atomic E-state index is 0.274. The molecule has 0 radical (unpaired) electrons. The van der Waals surface area contributed by atoms with Crippen molar-refractivity contribution in [2.75, 3.05) is 25.3 Å². The van der Waals surface area contributed by atoms with Crippen LogP contribution in [0.5, 0.6) is 11.5 Å². The Morgan fingerprint density at radius 1 is 1.25 bits per heavy atom. The van der Waals surface area contributed by atoms with Crippen LogP contribution in [0.4, 0.5) is 11.6 Å². The maximum Gasteiger partial charge on any atom is 0.203 e. The molecule has 0 atom stereocenters. The van der Waals surface area contributed by atoms with Crippen molar-refractivity contribution in [1.29, 1.82) is 0 Å². The summed E-state index contributed by atoms with van der Waals surface area (Å²) in [5.74, 6) is 1.88. The van der Waals surface area contributed by atoms with Crippen LogP contribution in [0.3, 0.4) is 0 Å². The van der Waals surface area contributed by atoms with Crippen molar-refractivity contribution in [2.24, 2.45) is 0 Å². The molecular formula is C13H15ClN4O2. The summed E-state index contributed by atoms with van der Waals surface area (Å²) < 4.78 is 10.5. The van der Waals surface area contributed by atoms with Gasteiger partial charge in [0.15, 0.2) is 11.6 Å². The van der Waals surface area contributed by atoms with Crippen LogP contribution in [-0.2, 0) is 6.54 Å². The number of nitrogens with two attached hydrogens (primary N) is 1. The van der Waals surface area contributed by atoms with E-state index in [4.69, 9.17) is 26.8 Å². The molecule has 0 spiro atoms. The zero-order valence-electron chi connectivity index (χ0n) is 11.2. The largest absolute Gasteiger partial charge is 0.496 e. The predicted octanol–water partition coefficient (Wildman–Crippen LogP) is 2.34. The van der Waals surface area contributed by atoms with E-state index in [1.807, 2.05) is 12.1 Å². The molecule has 7 heteroatoms. The molecule has 0 bridgehead atoms. The van der Waals surface area contributed by atoms with E-state index in [9.17, 15) is 0 Å². The number of hydrogen-bond donors (Lipinski definition) is 2. The Hall–Kier alpha value is -2.21. The van der Waals surface area contributed by atoms with Gasteiger partial charge in [-0.15, -0.1) is 0 Å². The van der Waals surface area contributed by atoms with Gasteiger partial charge in [-0.3, -0.25) is 0 Å². The first kappa shape index (κ1) is 14.2. The topological polar surface area (TPSA) is 82.3 Å². The highest BCUT2D eigenvalue weighted by Gasteiger charge is 2.12. The van der Waals surface area contributed by atoms with Gasteiger partial charge in [0.1, 0.15) is 12.1 Å². The summed E-state index contributed by atoms with van der Waals surface area (Å²) in [6, 6.07) is 5.47. The summed E-state index contributed by atoms with van der Waals surface area (Å²) in [6.45, 7) is 0.426. The molecule has 1 heterocycles. The number of aromatic nitrogens is 2. The van der Waals surface area contributed by atoms with E-state index in [0.29, 0.717) is 28.9 Å². The highest BCUT2D eigenvalue weighted by Crippen LogP contribution is 2.30. The van der Waals surface area contributed by atoms with E-state index in [0.717, 1.165) is 5.56 Å². The molecule has 0 amide bonds. The Balaban J connectivity index is 2.23. The second-order valence-corrected chi connectivity index (χ2v) is 4.32. The van der Waals surface area contributed by atoms with Crippen molar-refractivity contribution in [1.82, 2.24) is 9.97 Å². The number of methoxy groups -OCH3 is 2. The molecule has 0 fully saturated rings. The molecule has 0 unspecified atom stereocenters. The van der Waals surface area contributed by atoms with Crippen molar-refractivity contribution in [3.05, 3.63) is 35.1 Å². The summed E-state index contributed by atoms with van der Waals surface area (Å²) in [5.41, 5.74) is 6.55. The van der Waals surface area contributed by atoms with Crippen LogP contribution in [-0.4, -0.2) is 24.2 Å². The molecule has 106 valence electrons. The van der Waals surface area contributed by atoms with E-state index in [1.165, 1.54) is 13.4 Å². The van der Waals surface area contributed by atoms with E-state index in [1.54, 1.807) is 13.2 Å². The van der Waals surface area contributed by atoms with Crippen LogP contribution < -0.4 is 20.5 Å². The van der Waals surface area contributed by atoms with E-state index in [2.05, 4.69) is 15.3 Å². The Bertz CT molecular complexity index is 607. The fourth-order valence-electron chi connectivity index (χ4n) is 1.79.